The Morgan fingerprint density at radius 1 is 1.10 bits per heavy atom. The van der Waals surface area contributed by atoms with Crippen LogP contribution in [0.5, 0.6) is 0 Å². The Balaban J connectivity index is 2.27. The minimum Gasteiger partial charge on any atom is -0.470 e. The van der Waals surface area contributed by atoms with E-state index in [-0.39, 0.29) is 17.2 Å². The average molecular weight is 407 g/mol. The van der Waals surface area contributed by atoms with Gasteiger partial charge in [0.15, 0.2) is 5.71 Å². The molecule has 0 heterocycles. The van der Waals surface area contributed by atoms with E-state index in [0.717, 1.165) is 12.1 Å². The molecule has 0 spiro atoms. The fourth-order valence-corrected chi connectivity index (χ4v) is 2.56. The van der Waals surface area contributed by atoms with Gasteiger partial charge in [-0.15, -0.1) is 0 Å². The molecule has 0 aromatic heterocycles. The molecule has 6 nitrogen and oxygen atoms in total. The molecule has 0 radical (unpaired) electrons. The predicted molar refractivity (Wildman–Crippen MR) is 102 cm³/mol. The number of amides is 1. The molecule has 1 atom stereocenters. The first-order chi connectivity index (χ1) is 13.7. The van der Waals surface area contributed by atoms with Gasteiger partial charge in [0.25, 0.3) is 5.91 Å². The third-order valence-electron chi connectivity index (χ3n) is 4.05. The second-order valence-electron chi connectivity index (χ2n) is 5.96. The van der Waals surface area contributed by atoms with E-state index in [1.807, 2.05) is 0 Å². The van der Waals surface area contributed by atoms with Crippen molar-refractivity contribution in [3.8, 4) is 0 Å². The summed E-state index contributed by atoms with van der Waals surface area (Å²) < 4.78 is 43.7. The summed E-state index contributed by atoms with van der Waals surface area (Å²) in [4.78, 5) is 16.8. The van der Waals surface area contributed by atoms with Crippen LogP contribution in [0.1, 0.15) is 35.3 Å². The zero-order valence-corrected chi connectivity index (χ0v) is 16.0. The summed E-state index contributed by atoms with van der Waals surface area (Å²) in [6.45, 7) is 1.61. The van der Waals surface area contributed by atoms with Crippen molar-refractivity contribution < 1.29 is 27.5 Å². The number of nitrogens with one attached hydrogen (secondary N) is 2. The largest absolute Gasteiger partial charge is 0.470 e. The van der Waals surface area contributed by atoms with Crippen molar-refractivity contribution in [2.45, 2.75) is 19.2 Å². The van der Waals surface area contributed by atoms with Gasteiger partial charge in [0.2, 0.25) is 5.90 Å². The standard InChI is InChI=1S/C20H20F3N3O3/c1-12(13-8-10-14(11-9-13)20(21,22)23)29-18(24)16-7-5-4-6-15(16)17(26-28-3)19(27)25-2/h4-12,24H,1-3H3,(H,25,27)/b24-18?,26-17-. The topological polar surface area (TPSA) is 83.8 Å². The van der Waals surface area contributed by atoms with Gasteiger partial charge in [-0.1, -0.05) is 35.5 Å². The molecule has 0 fully saturated rings. The van der Waals surface area contributed by atoms with Crippen LogP contribution in [0.25, 0.3) is 0 Å². The van der Waals surface area contributed by atoms with E-state index in [9.17, 15) is 18.0 Å². The van der Waals surface area contributed by atoms with Crippen molar-refractivity contribution in [1.29, 1.82) is 5.41 Å². The molecule has 29 heavy (non-hydrogen) atoms. The Labute approximate surface area is 165 Å². The maximum absolute atomic E-state index is 12.7. The molecule has 0 bridgehead atoms. The van der Waals surface area contributed by atoms with E-state index in [2.05, 4.69) is 10.5 Å². The van der Waals surface area contributed by atoms with Gasteiger partial charge >= 0.3 is 6.18 Å². The predicted octanol–water partition coefficient (Wildman–Crippen LogP) is 3.91. The highest BCUT2D eigenvalue weighted by Crippen LogP contribution is 2.30. The highest BCUT2D eigenvalue weighted by atomic mass is 19.4. The Morgan fingerprint density at radius 3 is 2.21 bits per heavy atom. The number of alkyl halides is 3. The number of halogens is 3. The maximum atomic E-state index is 12.7. The Morgan fingerprint density at radius 2 is 1.69 bits per heavy atom. The third kappa shape index (κ3) is 5.34. The molecule has 2 aromatic rings. The molecule has 9 heteroatoms. The van der Waals surface area contributed by atoms with Gasteiger partial charge in [-0.3, -0.25) is 10.2 Å². The molecule has 0 aliphatic rings. The van der Waals surface area contributed by atoms with Crippen LogP contribution >= 0.6 is 0 Å². The number of nitrogens with zero attached hydrogens (tertiary/aromatic N) is 1. The molecule has 2 N–H and O–H groups in total. The Bertz CT molecular complexity index is 909. The van der Waals surface area contributed by atoms with Crippen molar-refractivity contribution in [3.63, 3.8) is 0 Å². The summed E-state index contributed by atoms with van der Waals surface area (Å²) in [6.07, 6.45) is -5.12. The fraction of sp³-hybridized carbons (Fsp3) is 0.250. The first kappa shape index (κ1) is 21.9. The van der Waals surface area contributed by atoms with Crippen molar-refractivity contribution >= 4 is 17.5 Å². The van der Waals surface area contributed by atoms with Crippen molar-refractivity contribution in [1.82, 2.24) is 5.32 Å². The van der Waals surface area contributed by atoms with Crippen LogP contribution in [0.2, 0.25) is 0 Å². The van der Waals surface area contributed by atoms with Crippen LogP contribution in [-0.2, 0) is 20.5 Å². The van der Waals surface area contributed by atoms with Gasteiger partial charge in [-0.25, -0.2) is 0 Å². The fourth-order valence-electron chi connectivity index (χ4n) is 2.56. The van der Waals surface area contributed by atoms with E-state index in [1.54, 1.807) is 31.2 Å². The number of carbonyl (C=O) groups is 1. The van der Waals surface area contributed by atoms with Crippen LogP contribution in [0, 0.1) is 5.41 Å². The van der Waals surface area contributed by atoms with Crippen molar-refractivity contribution in [2.75, 3.05) is 14.2 Å². The summed E-state index contributed by atoms with van der Waals surface area (Å²) in [7, 11) is 2.73. The molecule has 0 aliphatic heterocycles. The van der Waals surface area contributed by atoms with Gasteiger partial charge in [0, 0.05) is 18.2 Å². The lowest BCUT2D eigenvalue weighted by Crippen LogP contribution is -2.30. The smallest absolute Gasteiger partial charge is 0.416 e. The quantitative estimate of drug-likeness (QED) is 0.433. The minimum atomic E-state index is -4.43. The van der Waals surface area contributed by atoms with Crippen molar-refractivity contribution in [2.24, 2.45) is 5.16 Å². The second-order valence-corrected chi connectivity index (χ2v) is 5.96. The lowest BCUT2D eigenvalue weighted by molar-refractivity contribution is -0.137. The normalized spacial score (nSPS) is 12.8. The molecule has 0 saturated carbocycles. The van der Waals surface area contributed by atoms with Gasteiger partial charge in [0.05, 0.1) is 5.56 Å². The lowest BCUT2D eigenvalue weighted by Gasteiger charge is -2.18. The summed E-state index contributed by atoms with van der Waals surface area (Å²) in [5.74, 6) is -0.774. The lowest BCUT2D eigenvalue weighted by atomic mass is 10.0. The van der Waals surface area contributed by atoms with Gasteiger partial charge in [-0.05, 0) is 30.7 Å². The van der Waals surface area contributed by atoms with E-state index < -0.39 is 23.8 Å². The average Bonchev–Trinajstić information content (AvgIpc) is 2.70. The minimum absolute atomic E-state index is 0.0406. The number of hydrogen-bond acceptors (Lipinski definition) is 5. The molecular weight excluding hydrogens is 387 g/mol. The van der Waals surface area contributed by atoms with E-state index >= 15 is 0 Å². The third-order valence-corrected chi connectivity index (χ3v) is 4.05. The molecule has 2 rings (SSSR count). The molecule has 2 aromatic carbocycles. The summed E-state index contributed by atoms with van der Waals surface area (Å²) in [5, 5.41) is 14.5. The van der Waals surface area contributed by atoms with Crippen LogP contribution < -0.4 is 5.32 Å². The first-order valence-electron chi connectivity index (χ1n) is 8.54. The van der Waals surface area contributed by atoms with Gasteiger partial charge in [0.1, 0.15) is 13.2 Å². The molecule has 0 aliphatic carbocycles. The van der Waals surface area contributed by atoms with Crippen LogP contribution in [0.3, 0.4) is 0 Å². The SMILES string of the molecule is CNC(=O)/C(=N\OC)c1ccccc1C(=N)OC(C)c1ccc(C(F)(F)F)cc1. The molecule has 0 saturated heterocycles. The Hall–Kier alpha value is -3.36. The number of carbonyl (C=O) groups excluding carboxylic acids is 1. The second kappa shape index (κ2) is 9.22. The number of ether oxygens (including phenoxy) is 1. The number of rotatable bonds is 6. The van der Waals surface area contributed by atoms with E-state index in [4.69, 9.17) is 15.0 Å². The first-order valence-corrected chi connectivity index (χ1v) is 8.54. The summed E-state index contributed by atoms with van der Waals surface area (Å²) >= 11 is 0. The van der Waals surface area contributed by atoms with Crippen LogP contribution in [0.15, 0.2) is 53.7 Å². The highest BCUT2D eigenvalue weighted by molar-refractivity contribution is 6.46. The summed E-state index contributed by atoms with van der Waals surface area (Å²) in [6, 6.07) is 11.0. The summed E-state index contributed by atoms with van der Waals surface area (Å²) in [5.41, 5.74) is 0.266. The number of oxime groups is 1. The molecule has 1 amide bonds. The molecule has 154 valence electrons. The monoisotopic (exact) mass is 407 g/mol. The zero-order valence-electron chi connectivity index (χ0n) is 16.0. The van der Waals surface area contributed by atoms with Crippen molar-refractivity contribution in [3.05, 3.63) is 70.8 Å². The van der Waals surface area contributed by atoms with Gasteiger partial charge in [-0.2, -0.15) is 13.2 Å². The number of hydrogen-bond donors (Lipinski definition) is 2. The molecular formula is C20H20F3N3O3. The molecule has 1 unspecified atom stereocenters. The Kier molecular flexibility index (Phi) is 6.98. The van der Waals surface area contributed by atoms with E-state index in [1.165, 1.54) is 26.3 Å². The van der Waals surface area contributed by atoms with E-state index in [0.29, 0.717) is 11.1 Å². The maximum Gasteiger partial charge on any atom is 0.416 e. The number of benzene rings is 2. The highest BCUT2D eigenvalue weighted by Gasteiger charge is 2.30. The van der Waals surface area contributed by atoms with Crippen LogP contribution in [0.4, 0.5) is 13.2 Å². The van der Waals surface area contributed by atoms with Crippen LogP contribution in [-0.4, -0.2) is 31.7 Å². The zero-order chi connectivity index (χ0) is 21.6. The number of likely N-dealkylation sites (N-methyl/N-ethyl adjacent to an activating group) is 1. The van der Waals surface area contributed by atoms with Gasteiger partial charge < -0.3 is 14.9 Å².